The van der Waals surface area contributed by atoms with Crippen LogP contribution in [0.25, 0.3) is 0 Å². The number of carbonyl (C=O) groups is 5. The molecule has 0 saturated carbocycles. The molecule has 2 N–H and O–H groups in total. The van der Waals surface area contributed by atoms with Crippen LogP contribution in [0.1, 0.15) is 71.3 Å². The topological polar surface area (TPSA) is 170 Å². The van der Waals surface area contributed by atoms with Gasteiger partial charge in [0.25, 0.3) is 17.7 Å². The van der Waals surface area contributed by atoms with E-state index in [4.69, 9.17) is 21.4 Å². The number of nitrogens with one attached hydrogen (secondary N) is 2. The molecule has 0 atom stereocenters. The molecule has 3 amide bonds. The molecular formula is C44H46ClN9O6S. The molecule has 2 aliphatic rings. The summed E-state index contributed by atoms with van der Waals surface area (Å²) in [6, 6.07) is 22.0. The number of amides is 3. The number of imide groups is 1. The number of aromatic nitrogens is 3. The largest absolute Gasteiger partial charge is 0.363 e. The minimum Gasteiger partial charge on any atom is -0.355 e. The number of hydrogen-bond donors (Lipinski definition) is 2. The van der Waals surface area contributed by atoms with Crippen molar-refractivity contribution in [2.24, 2.45) is 0 Å². The summed E-state index contributed by atoms with van der Waals surface area (Å²) in [5.41, 5.74) is 4.62. The molecule has 3 aromatic carbocycles. The molecule has 0 spiro atoms. The molecule has 17 heteroatoms. The van der Waals surface area contributed by atoms with Crippen molar-refractivity contribution in [1.82, 2.24) is 35.1 Å². The van der Waals surface area contributed by atoms with Gasteiger partial charge in [0, 0.05) is 95.3 Å². The Balaban J connectivity index is 0.952. The van der Waals surface area contributed by atoms with Gasteiger partial charge in [-0.15, -0.1) is 5.06 Å². The lowest BCUT2D eigenvalue weighted by molar-refractivity contribution is -0.172. The number of hydroxylamine groups is 2. The highest BCUT2D eigenvalue weighted by Gasteiger charge is 2.33. The molecule has 61 heavy (non-hydrogen) atoms. The Labute approximate surface area is 362 Å². The maximum absolute atomic E-state index is 13.1. The average Bonchev–Trinajstić information content (AvgIpc) is 3.86. The number of ketones is 1. The van der Waals surface area contributed by atoms with Crippen LogP contribution in [0.2, 0.25) is 5.02 Å². The maximum atomic E-state index is 13.1. The normalized spacial score (nSPS) is 14.4. The van der Waals surface area contributed by atoms with Crippen LogP contribution in [0, 0.1) is 13.8 Å². The smallest absolute Gasteiger partial charge is 0.355 e. The average molecular weight is 864 g/mol. The Hall–Kier alpha value is -6.07. The van der Waals surface area contributed by atoms with E-state index in [1.807, 2.05) is 68.4 Å². The van der Waals surface area contributed by atoms with E-state index in [-0.39, 0.29) is 36.5 Å². The number of halogens is 1. The zero-order valence-electron chi connectivity index (χ0n) is 34.1. The summed E-state index contributed by atoms with van der Waals surface area (Å²) >= 11 is 7.65. The molecular weight excluding hydrogens is 818 g/mol. The van der Waals surface area contributed by atoms with E-state index in [1.54, 1.807) is 31.4 Å². The first-order chi connectivity index (χ1) is 29.4. The molecule has 0 bridgehead atoms. The third-order valence-electron chi connectivity index (χ3n) is 10.6. The van der Waals surface area contributed by atoms with Crippen LogP contribution < -0.4 is 15.5 Å². The number of nitrogens with zero attached hydrogens (tertiary/aromatic N) is 7. The summed E-state index contributed by atoms with van der Waals surface area (Å²) < 4.78 is 0. The number of anilines is 3. The van der Waals surface area contributed by atoms with Crippen LogP contribution in [0.15, 0.2) is 79.0 Å². The van der Waals surface area contributed by atoms with Crippen LogP contribution in [0.3, 0.4) is 0 Å². The van der Waals surface area contributed by atoms with Gasteiger partial charge in [0.1, 0.15) is 17.5 Å². The number of hydrogen-bond acceptors (Lipinski definition) is 14. The highest BCUT2D eigenvalue weighted by atomic mass is 35.5. The van der Waals surface area contributed by atoms with Gasteiger partial charge < -0.3 is 20.4 Å². The van der Waals surface area contributed by atoms with E-state index >= 15 is 0 Å². The highest BCUT2D eigenvalue weighted by molar-refractivity contribution is 7.17. The maximum Gasteiger partial charge on any atom is 0.363 e. The van der Waals surface area contributed by atoms with Crippen molar-refractivity contribution in [1.29, 1.82) is 0 Å². The van der Waals surface area contributed by atoms with Crippen LogP contribution in [0.4, 0.5) is 16.8 Å². The second-order valence-electron chi connectivity index (χ2n) is 14.9. The lowest BCUT2D eigenvalue weighted by Gasteiger charge is -2.36. The molecule has 316 valence electrons. The van der Waals surface area contributed by atoms with Gasteiger partial charge in [0.05, 0.1) is 16.6 Å². The zero-order valence-corrected chi connectivity index (χ0v) is 35.7. The molecule has 0 aliphatic carbocycles. The summed E-state index contributed by atoms with van der Waals surface area (Å²) in [6.07, 6.45) is 1.84. The molecule has 2 saturated heterocycles. The van der Waals surface area contributed by atoms with E-state index in [9.17, 15) is 24.0 Å². The van der Waals surface area contributed by atoms with Gasteiger partial charge in [0.2, 0.25) is 0 Å². The molecule has 5 aromatic rings. The fourth-order valence-electron chi connectivity index (χ4n) is 7.15. The van der Waals surface area contributed by atoms with Gasteiger partial charge in [-0.2, -0.15) is 0 Å². The molecule has 7 rings (SSSR count). The second-order valence-corrected chi connectivity index (χ2v) is 16.4. The Morgan fingerprint density at radius 2 is 1.52 bits per heavy atom. The molecule has 0 radical (unpaired) electrons. The van der Waals surface area contributed by atoms with Crippen molar-refractivity contribution in [3.63, 3.8) is 0 Å². The first-order valence-corrected chi connectivity index (χ1v) is 21.1. The van der Waals surface area contributed by atoms with E-state index in [1.165, 1.54) is 11.3 Å². The SMILES string of the molecule is CNC(=O)c1ccc(CN(CCN2CCN(c3cc(Nc4ncc(C(=O)Cc5c(C)cccc5Cl)s4)nc(C)n3)CC2)Cc2ccc(C(=O)ON3C(=O)CCC3=O)cc2)cc1. The molecule has 15 nitrogen and oxygen atoms in total. The summed E-state index contributed by atoms with van der Waals surface area (Å²) in [7, 11) is 1.60. The lowest BCUT2D eigenvalue weighted by Crippen LogP contribution is -2.48. The fourth-order valence-corrected chi connectivity index (χ4v) is 8.20. The predicted molar refractivity (Wildman–Crippen MR) is 232 cm³/mol. The van der Waals surface area contributed by atoms with Crippen LogP contribution in [-0.2, 0) is 33.9 Å². The Morgan fingerprint density at radius 1 is 0.869 bits per heavy atom. The van der Waals surface area contributed by atoms with Crippen LogP contribution in [-0.4, -0.2) is 106 Å². The van der Waals surface area contributed by atoms with Crippen molar-refractivity contribution in [2.45, 2.75) is 46.2 Å². The molecule has 4 heterocycles. The van der Waals surface area contributed by atoms with E-state index in [0.29, 0.717) is 50.4 Å². The quantitative estimate of drug-likeness (QED) is 0.0906. The van der Waals surface area contributed by atoms with Crippen molar-refractivity contribution in [2.75, 3.05) is 56.5 Å². The Morgan fingerprint density at radius 3 is 2.16 bits per heavy atom. The first-order valence-electron chi connectivity index (χ1n) is 20.0. The predicted octanol–water partition coefficient (Wildman–Crippen LogP) is 5.78. The fraction of sp³-hybridized carbons (Fsp3) is 0.318. The summed E-state index contributed by atoms with van der Waals surface area (Å²) in [6.45, 7) is 9.74. The first kappa shape index (κ1) is 43.0. The number of benzene rings is 3. The van der Waals surface area contributed by atoms with Gasteiger partial charge in [-0.1, -0.05) is 59.3 Å². The van der Waals surface area contributed by atoms with Crippen LogP contribution in [0.5, 0.6) is 0 Å². The summed E-state index contributed by atoms with van der Waals surface area (Å²) in [5, 5.41) is 7.61. The van der Waals surface area contributed by atoms with Crippen molar-refractivity contribution >= 4 is 69.2 Å². The van der Waals surface area contributed by atoms with Crippen molar-refractivity contribution in [3.8, 4) is 0 Å². The molecule has 2 aliphatic heterocycles. The van der Waals surface area contributed by atoms with Crippen LogP contribution >= 0.6 is 22.9 Å². The number of thiazole rings is 1. The third-order valence-corrected chi connectivity index (χ3v) is 11.9. The van der Waals surface area contributed by atoms with E-state index < -0.39 is 17.8 Å². The molecule has 2 fully saturated rings. The monoisotopic (exact) mass is 863 g/mol. The minimum absolute atomic E-state index is 0.0275. The minimum atomic E-state index is -0.769. The van der Waals surface area contributed by atoms with Crippen molar-refractivity contribution < 1.29 is 28.8 Å². The molecule has 0 unspecified atom stereocenters. The standard InChI is InChI=1S/C44H46ClN9O6S/c1-28-5-4-6-35(45)34(28)23-36(55)37-25-47-44(61-37)50-38-24-39(49-29(2)48-38)53-21-19-51(20-22-53)17-18-52(26-30-7-11-32(12-8-30)42(58)46-3)27-31-9-13-33(14-10-31)43(59)60-54-40(56)15-16-41(54)57/h4-14,24-25H,15-23,26-27H2,1-3H3,(H,46,58)(H,47,48,49,50). The van der Waals surface area contributed by atoms with Crippen molar-refractivity contribution in [3.05, 3.63) is 128 Å². The number of Topliss-reactive ketones (excluding diaryl/α,β-unsaturated/α-hetero) is 1. The number of aryl methyl sites for hydroxylation is 2. The Kier molecular flexibility index (Phi) is 13.8. The van der Waals surface area contributed by atoms with E-state index in [2.05, 4.69) is 35.3 Å². The van der Waals surface area contributed by atoms with E-state index in [0.717, 1.165) is 67.3 Å². The second kappa shape index (κ2) is 19.5. The number of piperazine rings is 1. The summed E-state index contributed by atoms with van der Waals surface area (Å²) in [4.78, 5) is 88.2. The van der Waals surface area contributed by atoms with Gasteiger partial charge >= 0.3 is 5.97 Å². The number of rotatable bonds is 16. The van der Waals surface area contributed by atoms with Gasteiger partial charge in [-0.3, -0.25) is 29.0 Å². The van der Waals surface area contributed by atoms with Gasteiger partial charge in [-0.05, 0) is 66.4 Å². The highest BCUT2D eigenvalue weighted by Crippen LogP contribution is 2.27. The molecule has 2 aromatic heterocycles. The number of carbonyl (C=O) groups excluding carboxylic acids is 5. The lowest BCUT2D eigenvalue weighted by atomic mass is 10.0. The Bertz CT molecular complexity index is 2380. The third kappa shape index (κ3) is 11.0. The van der Waals surface area contributed by atoms with Gasteiger partial charge in [-0.25, -0.2) is 19.7 Å². The van der Waals surface area contributed by atoms with Gasteiger partial charge in [0.15, 0.2) is 10.9 Å². The summed E-state index contributed by atoms with van der Waals surface area (Å²) in [5.74, 6) is 0.00200. The zero-order chi connectivity index (χ0) is 43.0.